The van der Waals surface area contributed by atoms with Crippen molar-refractivity contribution in [3.63, 3.8) is 0 Å². The number of hydrogen-bond acceptors (Lipinski definition) is 4. The number of likely N-dealkylation sites (N-methyl/N-ethyl adjacent to an activating group) is 1. The molecule has 0 aliphatic rings. The Bertz CT molecular complexity index is 421. The van der Waals surface area contributed by atoms with Crippen LogP contribution in [0.4, 0.5) is 5.69 Å². The smallest absolute Gasteiger partial charge is 0.241 e. The van der Waals surface area contributed by atoms with Gasteiger partial charge in [-0.05, 0) is 44.3 Å². The Morgan fingerprint density at radius 3 is 2.33 bits per heavy atom. The lowest BCUT2D eigenvalue weighted by Crippen LogP contribution is -2.39. The molecule has 0 saturated carbocycles. The lowest BCUT2D eigenvalue weighted by atomic mass is 10.1. The zero-order valence-corrected chi connectivity index (χ0v) is 13.9. The van der Waals surface area contributed by atoms with E-state index in [1.165, 1.54) is 0 Å². The fourth-order valence-corrected chi connectivity index (χ4v) is 1.51. The first-order valence-electron chi connectivity index (χ1n) is 6.84. The van der Waals surface area contributed by atoms with Gasteiger partial charge in [0.05, 0.1) is 6.04 Å². The zero-order valence-electron chi connectivity index (χ0n) is 13.1. The van der Waals surface area contributed by atoms with Crippen LogP contribution < -0.4 is 15.8 Å². The molecule has 1 rings (SSSR count). The maximum Gasteiger partial charge on any atom is 0.241 e. The van der Waals surface area contributed by atoms with Crippen LogP contribution in [0, 0.1) is 5.92 Å². The number of nitrogens with one attached hydrogen (secondary N) is 1. The summed E-state index contributed by atoms with van der Waals surface area (Å²) in [5.41, 5.74) is 6.52. The second-order valence-corrected chi connectivity index (χ2v) is 5.44. The van der Waals surface area contributed by atoms with Crippen LogP contribution >= 0.6 is 12.4 Å². The summed E-state index contributed by atoms with van der Waals surface area (Å²) in [5, 5.41) is 2.80. The van der Waals surface area contributed by atoms with Gasteiger partial charge in [0.2, 0.25) is 5.91 Å². The number of hydrogen-bond donors (Lipinski definition) is 2. The van der Waals surface area contributed by atoms with Gasteiger partial charge in [-0.15, -0.1) is 12.4 Å². The fraction of sp³-hybridized carbons (Fsp3) is 0.533. The Balaban J connectivity index is 0.00000400. The molecule has 21 heavy (non-hydrogen) atoms. The third kappa shape index (κ3) is 7.32. The van der Waals surface area contributed by atoms with Crippen LogP contribution in [-0.2, 0) is 4.79 Å². The number of benzene rings is 1. The largest absolute Gasteiger partial charge is 0.492 e. The zero-order chi connectivity index (χ0) is 15.1. The minimum atomic E-state index is -0.494. The number of carbonyl (C=O) groups excluding carboxylic acids is 1. The van der Waals surface area contributed by atoms with Gasteiger partial charge < -0.3 is 20.7 Å². The van der Waals surface area contributed by atoms with Crippen LogP contribution in [-0.4, -0.2) is 44.1 Å². The average molecular weight is 316 g/mol. The lowest BCUT2D eigenvalue weighted by molar-refractivity contribution is -0.118. The summed E-state index contributed by atoms with van der Waals surface area (Å²) >= 11 is 0. The summed E-state index contributed by atoms with van der Waals surface area (Å²) in [6, 6.07) is 6.82. The van der Waals surface area contributed by atoms with Gasteiger partial charge in [0.25, 0.3) is 0 Å². The predicted octanol–water partition coefficient (Wildman–Crippen LogP) is 1.97. The van der Waals surface area contributed by atoms with Crippen molar-refractivity contribution in [2.75, 3.05) is 32.6 Å². The van der Waals surface area contributed by atoms with E-state index in [4.69, 9.17) is 10.5 Å². The van der Waals surface area contributed by atoms with Gasteiger partial charge in [0.15, 0.2) is 0 Å². The Morgan fingerprint density at radius 2 is 1.86 bits per heavy atom. The van der Waals surface area contributed by atoms with Crippen LogP contribution in [0.25, 0.3) is 0 Å². The van der Waals surface area contributed by atoms with Crippen molar-refractivity contribution >= 4 is 24.0 Å². The first-order valence-corrected chi connectivity index (χ1v) is 6.84. The number of nitrogens with two attached hydrogens (primary N) is 1. The van der Waals surface area contributed by atoms with Gasteiger partial charge in [0.1, 0.15) is 12.4 Å². The van der Waals surface area contributed by atoms with Crippen molar-refractivity contribution in [2.24, 2.45) is 11.7 Å². The monoisotopic (exact) mass is 315 g/mol. The molecule has 120 valence electrons. The van der Waals surface area contributed by atoms with Crippen LogP contribution in [0.2, 0.25) is 0 Å². The minimum Gasteiger partial charge on any atom is -0.492 e. The van der Waals surface area contributed by atoms with Crippen molar-refractivity contribution in [1.82, 2.24) is 4.90 Å². The van der Waals surface area contributed by atoms with Crippen LogP contribution in [0.1, 0.15) is 13.8 Å². The quantitative estimate of drug-likeness (QED) is 0.807. The first kappa shape index (κ1) is 19.7. The fourth-order valence-electron chi connectivity index (χ4n) is 1.51. The van der Waals surface area contributed by atoms with Gasteiger partial charge in [0, 0.05) is 12.2 Å². The van der Waals surface area contributed by atoms with Gasteiger partial charge in [-0.25, -0.2) is 0 Å². The molecule has 0 saturated heterocycles. The Labute approximate surface area is 133 Å². The SMILES string of the molecule is CC(C)[C@H](N)C(=O)Nc1ccc(OCCN(C)C)cc1.Cl. The molecule has 5 nitrogen and oxygen atoms in total. The van der Waals surface area contributed by atoms with E-state index >= 15 is 0 Å². The molecule has 0 spiro atoms. The molecule has 6 heteroatoms. The maximum atomic E-state index is 11.8. The second-order valence-electron chi connectivity index (χ2n) is 5.44. The van der Waals surface area contributed by atoms with Crippen molar-refractivity contribution < 1.29 is 9.53 Å². The standard InChI is InChI=1S/C15H25N3O2.ClH/c1-11(2)14(16)15(19)17-12-5-7-13(8-6-12)20-10-9-18(3)4;/h5-8,11,14H,9-10,16H2,1-4H3,(H,17,19);1H/t14-;/m0./s1. The molecule has 1 aromatic rings. The second kappa shape index (κ2) is 9.60. The Kier molecular flexibility index (Phi) is 9.01. The molecule has 3 N–H and O–H groups in total. The van der Waals surface area contributed by atoms with Crippen molar-refractivity contribution in [3.8, 4) is 5.75 Å². The van der Waals surface area contributed by atoms with E-state index in [1.807, 2.05) is 52.2 Å². The molecule has 1 amide bonds. The maximum absolute atomic E-state index is 11.8. The van der Waals surface area contributed by atoms with Gasteiger partial charge in [-0.3, -0.25) is 4.79 Å². The number of anilines is 1. The highest BCUT2D eigenvalue weighted by atomic mass is 35.5. The summed E-state index contributed by atoms with van der Waals surface area (Å²) in [6.45, 7) is 5.34. The van der Waals surface area contributed by atoms with Crippen molar-refractivity contribution in [3.05, 3.63) is 24.3 Å². The molecule has 0 unspecified atom stereocenters. The van der Waals surface area contributed by atoms with Gasteiger partial charge in [-0.2, -0.15) is 0 Å². The van der Waals surface area contributed by atoms with E-state index in [2.05, 4.69) is 10.2 Å². The summed E-state index contributed by atoms with van der Waals surface area (Å²) in [7, 11) is 4.00. The van der Waals surface area contributed by atoms with Crippen molar-refractivity contribution in [2.45, 2.75) is 19.9 Å². The molecule has 0 aliphatic heterocycles. The van der Waals surface area contributed by atoms with Gasteiger partial charge >= 0.3 is 0 Å². The highest BCUT2D eigenvalue weighted by molar-refractivity contribution is 5.94. The molecule has 0 heterocycles. The molecule has 0 radical (unpaired) electrons. The lowest BCUT2D eigenvalue weighted by Gasteiger charge is -2.15. The van der Waals surface area contributed by atoms with E-state index in [-0.39, 0.29) is 24.2 Å². The molecule has 0 aromatic heterocycles. The Morgan fingerprint density at radius 1 is 1.29 bits per heavy atom. The normalized spacial score (nSPS) is 12.0. The van der Waals surface area contributed by atoms with E-state index in [1.54, 1.807) is 0 Å². The topological polar surface area (TPSA) is 67.6 Å². The van der Waals surface area contributed by atoms with Crippen LogP contribution in [0.15, 0.2) is 24.3 Å². The van der Waals surface area contributed by atoms with Crippen molar-refractivity contribution in [1.29, 1.82) is 0 Å². The van der Waals surface area contributed by atoms with E-state index in [0.29, 0.717) is 6.61 Å². The summed E-state index contributed by atoms with van der Waals surface area (Å²) in [6.07, 6.45) is 0. The number of halogens is 1. The third-order valence-electron chi connectivity index (χ3n) is 2.95. The molecular weight excluding hydrogens is 290 g/mol. The molecule has 0 aliphatic carbocycles. The van der Waals surface area contributed by atoms with Crippen LogP contribution in [0.5, 0.6) is 5.75 Å². The summed E-state index contributed by atoms with van der Waals surface area (Å²) in [4.78, 5) is 13.9. The molecule has 0 bridgehead atoms. The molecule has 1 atom stereocenters. The Hall–Kier alpha value is -1.30. The van der Waals surface area contributed by atoms with Crippen LogP contribution in [0.3, 0.4) is 0 Å². The third-order valence-corrected chi connectivity index (χ3v) is 2.95. The molecule has 0 fully saturated rings. The molecular formula is C15H26ClN3O2. The molecule has 1 aromatic carbocycles. The van der Waals surface area contributed by atoms with E-state index in [0.717, 1.165) is 18.0 Å². The number of rotatable bonds is 7. The number of carbonyl (C=O) groups is 1. The number of ether oxygens (including phenoxy) is 1. The number of amides is 1. The highest BCUT2D eigenvalue weighted by Gasteiger charge is 2.16. The first-order chi connectivity index (χ1) is 9.40. The highest BCUT2D eigenvalue weighted by Crippen LogP contribution is 2.16. The van der Waals surface area contributed by atoms with E-state index in [9.17, 15) is 4.79 Å². The van der Waals surface area contributed by atoms with E-state index < -0.39 is 6.04 Å². The summed E-state index contributed by atoms with van der Waals surface area (Å²) < 4.78 is 5.58. The predicted molar refractivity (Wildman–Crippen MR) is 89.2 cm³/mol. The average Bonchev–Trinajstić information content (AvgIpc) is 2.39. The minimum absolute atomic E-state index is 0. The van der Waals surface area contributed by atoms with Gasteiger partial charge in [-0.1, -0.05) is 13.8 Å². The summed E-state index contributed by atoms with van der Waals surface area (Å²) in [5.74, 6) is 0.739. The number of nitrogens with zero attached hydrogens (tertiary/aromatic N) is 1.